The van der Waals surface area contributed by atoms with Crippen LogP contribution in [0.3, 0.4) is 0 Å². The van der Waals surface area contributed by atoms with Gasteiger partial charge in [-0.25, -0.2) is 9.59 Å². The summed E-state index contributed by atoms with van der Waals surface area (Å²) in [5, 5.41) is 55.5. The average Bonchev–Trinajstić information content (AvgIpc) is 2.72. The molecule has 0 unspecified atom stereocenters. The molecule has 0 saturated heterocycles. The highest BCUT2D eigenvalue weighted by atomic mass is 16.4. The van der Waals surface area contributed by atoms with Gasteiger partial charge in [0.25, 0.3) is 0 Å². The highest BCUT2D eigenvalue weighted by Crippen LogP contribution is 1.98. The van der Waals surface area contributed by atoms with Crippen LogP contribution in [0.25, 0.3) is 0 Å². The van der Waals surface area contributed by atoms with Gasteiger partial charge in [-0.15, -0.1) is 0 Å². The first-order valence-corrected chi connectivity index (χ1v) is 9.16. The molecule has 0 atom stereocenters. The second kappa shape index (κ2) is 32.1. The zero-order valence-electron chi connectivity index (χ0n) is 18.2. The predicted molar refractivity (Wildman–Crippen MR) is 116 cm³/mol. The molecule has 0 aliphatic rings. The van der Waals surface area contributed by atoms with Gasteiger partial charge >= 0.3 is 17.9 Å². The van der Waals surface area contributed by atoms with Crippen LogP contribution in [-0.2, 0) is 20.8 Å². The maximum Gasteiger partial charge on any atom is 0.414 e. The Balaban J connectivity index is -0.000000154. The van der Waals surface area contributed by atoms with Crippen molar-refractivity contribution in [1.82, 2.24) is 16.0 Å². The minimum Gasteiger partial charge on any atom is -0.481 e. The number of aliphatic hydroxyl groups excluding tert-OH is 3. The van der Waals surface area contributed by atoms with E-state index in [1.54, 1.807) is 33.3 Å². The molecule has 0 spiro atoms. The zero-order chi connectivity index (χ0) is 24.9. The third-order valence-corrected chi connectivity index (χ3v) is 2.47. The molecule has 0 fully saturated rings. The van der Waals surface area contributed by atoms with E-state index in [4.69, 9.17) is 40.2 Å². The standard InChI is InChI=1S/C8H8O2.3C3H9NO.C2H2O4/c9-8(10)6-7-4-2-1-3-5-7;3*1-4-2-3-5;3-1(4)2(5)6/h1-5H,6H2,(H,9,10);3*4-5H,2-3H2,1H3;(H,3,4)(H,5,6). The van der Waals surface area contributed by atoms with Gasteiger partial charge in [0, 0.05) is 19.6 Å². The van der Waals surface area contributed by atoms with Crippen LogP contribution in [0.4, 0.5) is 0 Å². The predicted octanol–water partition coefficient (Wildman–Crippen LogP) is -1.94. The highest BCUT2D eigenvalue weighted by molar-refractivity contribution is 6.27. The van der Waals surface area contributed by atoms with Crippen molar-refractivity contribution in [3.8, 4) is 0 Å². The topological polar surface area (TPSA) is 209 Å². The number of aliphatic carboxylic acids is 3. The number of carbonyl (C=O) groups is 3. The quantitative estimate of drug-likeness (QED) is 0.198. The molecule has 9 N–H and O–H groups in total. The van der Waals surface area contributed by atoms with E-state index >= 15 is 0 Å². The molecule has 0 radical (unpaired) electrons. The van der Waals surface area contributed by atoms with Crippen LogP contribution in [0.5, 0.6) is 0 Å². The summed E-state index contributed by atoms with van der Waals surface area (Å²) in [7, 11) is 5.41. The molecule has 0 aromatic heterocycles. The number of benzene rings is 1. The van der Waals surface area contributed by atoms with E-state index in [-0.39, 0.29) is 26.2 Å². The van der Waals surface area contributed by atoms with Crippen LogP contribution in [0.1, 0.15) is 5.56 Å². The first kappa shape index (κ1) is 35.8. The summed E-state index contributed by atoms with van der Waals surface area (Å²) in [6.45, 7) is 2.78. The number of hydrogen-bond donors (Lipinski definition) is 9. The smallest absolute Gasteiger partial charge is 0.414 e. The lowest BCUT2D eigenvalue weighted by Crippen LogP contribution is -2.10. The maximum absolute atomic E-state index is 10.2. The summed E-state index contributed by atoms with van der Waals surface area (Å²) in [6.07, 6.45) is 0.112. The molecule has 0 saturated carbocycles. The van der Waals surface area contributed by atoms with Crippen molar-refractivity contribution < 1.29 is 45.0 Å². The Morgan fingerprint density at radius 1 is 0.677 bits per heavy atom. The molecule has 1 rings (SSSR count). The number of nitrogens with one attached hydrogen (secondary N) is 3. The van der Waals surface area contributed by atoms with Crippen LogP contribution in [0.15, 0.2) is 30.3 Å². The van der Waals surface area contributed by atoms with Crippen LogP contribution >= 0.6 is 0 Å². The third-order valence-electron chi connectivity index (χ3n) is 2.47. The molecule has 0 amide bonds. The molecule has 12 nitrogen and oxygen atoms in total. The number of aliphatic hydroxyl groups is 3. The highest BCUT2D eigenvalue weighted by Gasteiger charge is 2.04. The van der Waals surface area contributed by atoms with Gasteiger partial charge in [-0.1, -0.05) is 30.3 Å². The van der Waals surface area contributed by atoms with Crippen molar-refractivity contribution in [2.75, 3.05) is 60.6 Å². The number of likely N-dealkylation sites (N-methyl/N-ethyl adjacent to an activating group) is 3. The monoisotopic (exact) mass is 451 g/mol. The number of rotatable bonds is 8. The van der Waals surface area contributed by atoms with E-state index in [0.29, 0.717) is 19.6 Å². The van der Waals surface area contributed by atoms with Gasteiger partial charge in [-0.2, -0.15) is 0 Å². The van der Waals surface area contributed by atoms with Crippen LogP contribution in [-0.4, -0.2) is 109 Å². The SMILES string of the molecule is CNCCO.CNCCO.CNCCO.O=C(O)C(=O)O.O=C(O)Cc1ccccc1. The van der Waals surface area contributed by atoms with E-state index in [2.05, 4.69) is 16.0 Å². The molecule has 0 bridgehead atoms. The normalized spacial score (nSPS) is 8.45. The van der Waals surface area contributed by atoms with Gasteiger partial charge in [0.05, 0.1) is 26.2 Å². The van der Waals surface area contributed by atoms with Gasteiger partial charge in [0.2, 0.25) is 0 Å². The second-order valence-electron chi connectivity index (χ2n) is 5.15. The van der Waals surface area contributed by atoms with Crippen molar-refractivity contribution in [2.45, 2.75) is 6.42 Å². The van der Waals surface area contributed by atoms with E-state index in [0.717, 1.165) is 5.56 Å². The summed E-state index contributed by atoms with van der Waals surface area (Å²) in [6, 6.07) is 9.13. The van der Waals surface area contributed by atoms with E-state index < -0.39 is 17.9 Å². The van der Waals surface area contributed by atoms with Gasteiger partial charge in [0.15, 0.2) is 0 Å². The summed E-state index contributed by atoms with van der Waals surface area (Å²) in [5.41, 5.74) is 0.843. The van der Waals surface area contributed by atoms with Gasteiger partial charge in [0.1, 0.15) is 0 Å². The first-order chi connectivity index (χ1) is 14.7. The Hall–Kier alpha value is -2.61. The van der Waals surface area contributed by atoms with Crippen molar-refractivity contribution >= 4 is 17.9 Å². The fraction of sp³-hybridized carbons (Fsp3) is 0.526. The number of hydrogen-bond acceptors (Lipinski definition) is 9. The fourth-order valence-corrected chi connectivity index (χ4v) is 1.11. The fourth-order valence-electron chi connectivity index (χ4n) is 1.11. The van der Waals surface area contributed by atoms with Crippen LogP contribution in [0.2, 0.25) is 0 Å². The summed E-state index contributed by atoms with van der Waals surface area (Å²) < 4.78 is 0. The molecule has 12 heteroatoms. The molecular weight excluding hydrogens is 414 g/mol. The molecule has 0 heterocycles. The largest absolute Gasteiger partial charge is 0.481 e. The first-order valence-electron chi connectivity index (χ1n) is 9.16. The van der Waals surface area contributed by atoms with Gasteiger partial charge in [-0.3, -0.25) is 4.79 Å². The molecule has 1 aromatic carbocycles. The van der Waals surface area contributed by atoms with Crippen LogP contribution in [0, 0.1) is 0 Å². The Morgan fingerprint density at radius 3 is 1.16 bits per heavy atom. The molecular formula is C19H37N3O9. The second-order valence-corrected chi connectivity index (χ2v) is 5.15. The van der Waals surface area contributed by atoms with Gasteiger partial charge in [-0.05, 0) is 26.7 Å². The Bertz CT molecular complexity index is 485. The molecule has 0 aliphatic carbocycles. The molecule has 1 aromatic rings. The van der Waals surface area contributed by atoms with Crippen LogP contribution < -0.4 is 16.0 Å². The van der Waals surface area contributed by atoms with Crippen molar-refractivity contribution in [3.63, 3.8) is 0 Å². The molecule has 182 valence electrons. The minimum atomic E-state index is -1.82. The lowest BCUT2D eigenvalue weighted by Gasteiger charge is -1.92. The average molecular weight is 452 g/mol. The van der Waals surface area contributed by atoms with E-state index in [1.165, 1.54) is 0 Å². The number of carboxylic acid groups (broad SMARTS) is 3. The van der Waals surface area contributed by atoms with E-state index in [1.807, 2.05) is 18.2 Å². The Kier molecular flexibility index (Phi) is 37.0. The Morgan fingerprint density at radius 2 is 1.00 bits per heavy atom. The zero-order valence-corrected chi connectivity index (χ0v) is 18.2. The summed E-state index contributed by atoms with van der Waals surface area (Å²) >= 11 is 0. The third kappa shape index (κ3) is 47.0. The molecule has 31 heavy (non-hydrogen) atoms. The number of carboxylic acids is 3. The maximum atomic E-state index is 10.2. The summed E-state index contributed by atoms with van der Waals surface area (Å²) in [4.78, 5) is 28.4. The van der Waals surface area contributed by atoms with Crippen molar-refractivity contribution in [1.29, 1.82) is 0 Å². The van der Waals surface area contributed by atoms with Crippen molar-refractivity contribution in [3.05, 3.63) is 35.9 Å². The molecule has 0 aliphatic heterocycles. The Labute approximate surface area is 182 Å². The van der Waals surface area contributed by atoms with E-state index in [9.17, 15) is 4.79 Å². The minimum absolute atomic E-state index is 0.112. The summed E-state index contributed by atoms with van der Waals surface area (Å²) in [5.74, 6) is -4.43. The van der Waals surface area contributed by atoms with Crippen molar-refractivity contribution in [2.24, 2.45) is 0 Å². The van der Waals surface area contributed by atoms with Gasteiger partial charge < -0.3 is 46.6 Å². The lowest BCUT2D eigenvalue weighted by molar-refractivity contribution is -0.159. The lowest BCUT2D eigenvalue weighted by atomic mass is 10.2.